The van der Waals surface area contributed by atoms with Crippen molar-refractivity contribution >= 4 is 22.9 Å². The third-order valence-electron chi connectivity index (χ3n) is 4.36. The molecule has 0 aliphatic carbocycles. The summed E-state index contributed by atoms with van der Waals surface area (Å²) in [6.07, 6.45) is 1.19. The van der Waals surface area contributed by atoms with Crippen molar-refractivity contribution in [2.75, 3.05) is 13.1 Å². The third kappa shape index (κ3) is 5.01. The highest BCUT2D eigenvalue weighted by atomic mass is 16.6. The van der Waals surface area contributed by atoms with Crippen LogP contribution in [-0.4, -0.2) is 40.4 Å². The lowest BCUT2D eigenvalue weighted by Crippen LogP contribution is -2.42. The Morgan fingerprint density at radius 3 is 2.62 bits per heavy atom. The molecule has 1 saturated heterocycles. The van der Waals surface area contributed by atoms with E-state index in [1.165, 1.54) is 6.07 Å². The van der Waals surface area contributed by atoms with Crippen molar-refractivity contribution in [2.24, 2.45) is 5.16 Å². The number of hydrogen-bond donors (Lipinski definition) is 1. The fourth-order valence-electron chi connectivity index (χ4n) is 2.98. The Kier molecular flexibility index (Phi) is 5.71. The lowest BCUT2D eigenvalue weighted by molar-refractivity contribution is -0.380. The van der Waals surface area contributed by atoms with E-state index >= 15 is 0 Å². The second-order valence-electron chi connectivity index (χ2n) is 7.77. The van der Waals surface area contributed by atoms with Gasteiger partial charge < -0.3 is 14.1 Å². The van der Waals surface area contributed by atoms with Gasteiger partial charge in [-0.05, 0) is 32.8 Å². The van der Waals surface area contributed by atoms with Crippen LogP contribution in [0.2, 0.25) is 0 Å². The number of H-pyrrole nitrogens is 2. The summed E-state index contributed by atoms with van der Waals surface area (Å²) < 4.78 is 10.4. The molecule has 0 unspecified atom stereocenters. The Morgan fingerprint density at radius 1 is 1.31 bits per heavy atom. The lowest BCUT2D eigenvalue weighted by Gasteiger charge is -2.30. The molecule has 3 rings (SSSR count). The molecule has 3 heterocycles. The van der Waals surface area contributed by atoms with Gasteiger partial charge in [-0.15, -0.1) is 0 Å². The summed E-state index contributed by atoms with van der Waals surface area (Å²) >= 11 is 0. The van der Waals surface area contributed by atoms with Gasteiger partial charge in [0.1, 0.15) is 5.60 Å². The highest BCUT2D eigenvalue weighted by Crippen LogP contribution is 2.15. The van der Waals surface area contributed by atoms with Crippen molar-refractivity contribution in [2.45, 2.75) is 52.6 Å². The zero-order valence-corrected chi connectivity index (χ0v) is 17.0. The van der Waals surface area contributed by atoms with Gasteiger partial charge in [0.25, 0.3) is 0 Å². The van der Waals surface area contributed by atoms with Crippen LogP contribution in [0, 0.1) is 0 Å². The van der Waals surface area contributed by atoms with E-state index in [2.05, 4.69) is 15.1 Å². The normalized spacial score (nSPS) is 14.8. The van der Waals surface area contributed by atoms with E-state index in [1.54, 1.807) is 4.90 Å². The van der Waals surface area contributed by atoms with Crippen molar-refractivity contribution in [3.05, 3.63) is 32.4 Å². The van der Waals surface area contributed by atoms with Gasteiger partial charge in [-0.3, -0.25) is 4.84 Å². The first-order valence-electron chi connectivity index (χ1n) is 9.49. The molecule has 0 radical (unpaired) electrons. The van der Waals surface area contributed by atoms with Crippen LogP contribution in [-0.2, 0) is 11.2 Å². The number of likely N-dealkylation sites (tertiary alicyclic amines) is 1. The number of amides is 1. The third-order valence-corrected chi connectivity index (χ3v) is 4.36. The highest BCUT2D eigenvalue weighted by Gasteiger charge is 2.25. The first-order chi connectivity index (χ1) is 13.7. The van der Waals surface area contributed by atoms with Gasteiger partial charge in [-0.25, -0.2) is 14.4 Å². The number of hydrogen-bond acceptors (Lipinski definition) is 7. The molecule has 10 nitrogen and oxygen atoms in total. The molecular weight excluding hydrogens is 380 g/mol. The van der Waals surface area contributed by atoms with E-state index in [4.69, 9.17) is 14.0 Å². The number of rotatable bonds is 3. The molecule has 1 fully saturated rings. The standard InChI is InChI=1S/C19H24N4O6/c1-5-11-10-13(24)27-16-14(11)15(25)20-17(21-16)29-22-12-6-8-23(9-7-12)18(26)28-19(2,3)4/h10H,5-9H2,1-4H3,(H,20,21,25)/p+1. The zero-order valence-electron chi connectivity index (χ0n) is 17.0. The van der Waals surface area contributed by atoms with Crippen LogP contribution in [0.3, 0.4) is 0 Å². The number of oxime groups is 1. The van der Waals surface area contributed by atoms with Crippen LogP contribution in [0.15, 0.2) is 25.2 Å². The summed E-state index contributed by atoms with van der Waals surface area (Å²) in [6, 6.07) is 1.26. The maximum Gasteiger partial charge on any atom is 0.484 e. The number of carbonyl (C=O) groups is 1. The number of carbonyl (C=O) groups excluding carboxylic acids is 1. The van der Waals surface area contributed by atoms with Crippen LogP contribution in [0.5, 0.6) is 6.01 Å². The SMILES string of the molecule is CCc1cc(=O)oc2[nH+]c(ON=C3CCN(C(=O)OC(C)(C)C)CC3)[nH]c(=O)c12. The van der Waals surface area contributed by atoms with Crippen molar-refractivity contribution in [3.63, 3.8) is 0 Å². The molecule has 2 aromatic heterocycles. The molecule has 2 N–H and O–H groups in total. The lowest BCUT2D eigenvalue weighted by atomic mass is 10.1. The summed E-state index contributed by atoms with van der Waals surface area (Å²) in [4.78, 5) is 48.3. The smallest absolute Gasteiger partial charge is 0.444 e. The van der Waals surface area contributed by atoms with E-state index in [0.29, 0.717) is 37.9 Å². The van der Waals surface area contributed by atoms with Gasteiger partial charge in [0.2, 0.25) is 0 Å². The monoisotopic (exact) mass is 405 g/mol. The first kappa shape index (κ1) is 20.6. The molecule has 0 spiro atoms. The van der Waals surface area contributed by atoms with Gasteiger partial charge in [0.05, 0.1) is 5.71 Å². The van der Waals surface area contributed by atoms with Crippen molar-refractivity contribution in [3.8, 4) is 6.01 Å². The molecular formula is C19H25N4O6+. The molecule has 0 saturated carbocycles. The molecule has 156 valence electrons. The molecule has 1 amide bonds. The Balaban J connectivity index is 1.70. The van der Waals surface area contributed by atoms with Gasteiger partial charge in [-0.2, -0.15) is 9.97 Å². The second kappa shape index (κ2) is 8.06. The molecule has 2 aromatic rings. The predicted molar refractivity (Wildman–Crippen MR) is 104 cm³/mol. The maximum atomic E-state index is 12.3. The number of nitrogens with one attached hydrogen (secondary N) is 2. The second-order valence-corrected chi connectivity index (χ2v) is 7.77. The van der Waals surface area contributed by atoms with E-state index in [-0.39, 0.29) is 23.2 Å². The van der Waals surface area contributed by atoms with Crippen LogP contribution in [0.1, 0.15) is 46.1 Å². The van der Waals surface area contributed by atoms with Crippen molar-refractivity contribution in [1.29, 1.82) is 0 Å². The Hall–Kier alpha value is -3.17. The largest absolute Gasteiger partial charge is 0.484 e. The fourth-order valence-corrected chi connectivity index (χ4v) is 2.98. The summed E-state index contributed by atoms with van der Waals surface area (Å²) in [6.45, 7) is 8.23. The van der Waals surface area contributed by atoms with Crippen LogP contribution in [0.25, 0.3) is 11.1 Å². The van der Waals surface area contributed by atoms with E-state index < -0.39 is 16.8 Å². The van der Waals surface area contributed by atoms with Gasteiger partial charge in [-0.1, -0.05) is 12.1 Å². The van der Waals surface area contributed by atoms with E-state index in [0.717, 1.165) is 5.71 Å². The van der Waals surface area contributed by atoms with Crippen LogP contribution >= 0.6 is 0 Å². The molecule has 0 bridgehead atoms. The molecule has 29 heavy (non-hydrogen) atoms. The minimum atomic E-state index is -0.553. The Morgan fingerprint density at radius 2 is 2.00 bits per heavy atom. The average Bonchev–Trinajstić information content (AvgIpc) is 2.64. The fraction of sp³-hybridized carbons (Fsp3) is 0.526. The molecule has 0 aromatic carbocycles. The molecule has 1 aliphatic heterocycles. The van der Waals surface area contributed by atoms with Gasteiger partial charge in [0, 0.05) is 32.0 Å². The minimum absolute atomic E-state index is 0.0352. The van der Waals surface area contributed by atoms with Gasteiger partial charge in [0.15, 0.2) is 5.39 Å². The summed E-state index contributed by atoms with van der Waals surface area (Å²) in [5.41, 5.74) is -0.173. The highest BCUT2D eigenvalue weighted by molar-refractivity contribution is 5.86. The average molecular weight is 405 g/mol. The number of aromatic amines is 2. The summed E-state index contributed by atoms with van der Waals surface area (Å²) in [7, 11) is 0. The van der Waals surface area contributed by atoms with E-state index in [9.17, 15) is 14.4 Å². The Labute approximate surface area is 166 Å². The molecule has 1 aliphatic rings. The molecule has 0 atom stereocenters. The minimum Gasteiger partial charge on any atom is -0.444 e. The first-order valence-corrected chi connectivity index (χ1v) is 9.49. The van der Waals surface area contributed by atoms with Crippen molar-refractivity contribution < 1.29 is 23.8 Å². The quantitative estimate of drug-likeness (QED) is 0.773. The number of fused-ring (bicyclic) bond motifs is 1. The Bertz CT molecular complexity index is 1050. The van der Waals surface area contributed by atoms with Crippen LogP contribution < -0.4 is 21.0 Å². The summed E-state index contributed by atoms with van der Waals surface area (Å²) in [5.74, 6) is 0. The number of piperidine rings is 1. The van der Waals surface area contributed by atoms with E-state index in [1.807, 2.05) is 27.7 Å². The number of aromatic nitrogens is 2. The number of aryl methyl sites for hydroxylation is 1. The topological polar surface area (TPSA) is 128 Å². The maximum absolute atomic E-state index is 12.3. The zero-order chi connectivity index (χ0) is 21.2. The number of ether oxygens (including phenoxy) is 1. The van der Waals surface area contributed by atoms with Crippen LogP contribution in [0.4, 0.5) is 4.79 Å². The number of nitrogens with zero attached hydrogens (tertiary/aromatic N) is 2. The van der Waals surface area contributed by atoms with Crippen molar-refractivity contribution in [1.82, 2.24) is 9.88 Å². The van der Waals surface area contributed by atoms with Gasteiger partial charge >= 0.3 is 29.0 Å². The molecule has 10 heteroatoms. The summed E-state index contributed by atoms with van der Waals surface area (Å²) in [5, 5.41) is 4.33. The predicted octanol–water partition coefficient (Wildman–Crippen LogP) is 1.62.